The van der Waals surface area contributed by atoms with Gasteiger partial charge < -0.3 is 14.8 Å². The molecule has 0 aliphatic carbocycles. The van der Waals surface area contributed by atoms with Crippen molar-refractivity contribution in [2.24, 2.45) is 5.92 Å². The molecule has 0 fully saturated rings. The van der Waals surface area contributed by atoms with Crippen molar-refractivity contribution in [1.29, 1.82) is 0 Å². The van der Waals surface area contributed by atoms with Crippen molar-refractivity contribution in [3.8, 4) is 5.88 Å². The number of rotatable bonds is 8. The Balaban J connectivity index is 2.58. The Hall–Kier alpha value is -1.20. The minimum Gasteiger partial charge on any atom is -0.475 e. The van der Waals surface area contributed by atoms with Crippen LogP contribution in [0.5, 0.6) is 5.88 Å². The van der Waals surface area contributed by atoms with Gasteiger partial charge in [-0.2, -0.15) is 0 Å². The molecule has 0 spiro atoms. The fourth-order valence-corrected chi connectivity index (χ4v) is 1.44. The van der Waals surface area contributed by atoms with E-state index in [0.29, 0.717) is 31.6 Å². The molecule has 1 heterocycles. The quantitative estimate of drug-likeness (QED) is 0.722. The molecule has 0 saturated heterocycles. The van der Waals surface area contributed by atoms with Gasteiger partial charge in [-0.05, 0) is 18.5 Å². The van der Waals surface area contributed by atoms with Crippen LogP contribution >= 0.6 is 0 Å². The molecular formula is C13H21FN2O2. The first-order valence-corrected chi connectivity index (χ1v) is 6.10. The fourth-order valence-electron chi connectivity index (χ4n) is 1.44. The van der Waals surface area contributed by atoms with Crippen molar-refractivity contribution >= 4 is 0 Å². The molecule has 1 N–H and O–H groups in total. The van der Waals surface area contributed by atoms with E-state index in [4.69, 9.17) is 9.47 Å². The lowest BCUT2D eigenvalue weighted by Gasteiger charge is -2.12. The largest absolute Gasteiger partial charge is 0.475 e. The highest BCUT2D eigenvalue weighted by molar-refractivity contribution is 5.26. The predicted octanol–water partition coefficient (Wildman–Crippen LogP) is 1.99. The van der Waals surface area contributed by atoms with E-state index in [1.807, 2.05) is 0 Å². The lowest BCUT2D eigenvalue weighted by Crippen LogP contribution is -2.20. The van der Waals surface area contributed by atoms with Crippen molar-refractivity contribution in [2.75, 3.05) is 26.9 Å². The molecule has 0 bridgehead atoms. The summed E-state index contributed by atoms with van der Waals surface area (Å²) in [5, 5.41) is 3.24. The van der Waals surface area contributed by atoms with Gasteiger partial charge in [-0.15, -0.1) is 0 Å². The van der Waals surface area contributed by atoms with Gasteiger partial charge in [0, 0.05) is 19.2 Å². The summed E-state index contributed by atoms with van der Waals surface area (Å²) in [5.41, 5.74) is 0.728. The Morgan fingerprint density at radius 1 is 1.39 bits per heavy atom. The van der Waals surface area contributed by atoms with Crippen LogP contribution in [0.3, 0.4) is 0 Å². The van der Waals surface area contributed by atoms with Gasteiger partial charge in [0.25, 0.3) is 0 Å². The van der Waals surface area contributed by atoms with E-state index in [-0.39, 0.29) is 5.82 Å². The number of hydrogen-bond acceptors (Lipinski definition) is 4. The molecule has 0 aliphatic heterocycles. The number of pyridine rings is 1. The monoisotopic (exact) mass is 256 g/mol. The first-order chi connectivity index (χ1) is 8.63. The zero-order valence-corrected chi connectivity index (χ0v) is 11.2. The third kappa shape index (κ3) is 5.42. The molecule has 0 radical (unpaired) electrons. The maximum absolute atomic E-state index is 13.2. The van der Waals surface area contributed by atoms with E-state index in [2.05, 4.69) is 24.1 Å². The normalized spacial score (nSPS) is 10.9. The number of nitrogens with zero attached hydrogens (tertiary/aromatic N) is 1. The highest BCUT2D eigenvalue weighted by Gasteiger charge is 2.07. The Kier molecular flexibility index (Phi) is 6.60. The molecule has 4 nitrogen and oxygen atoms in total. The molecule has 1 aromatic rings. The van der Waals surface area contributed by atoms with E-state index < -0.39 is 0 Å². The Morgan fingerprint density at radius 2 is 2.17 bits per heavy atom. The molecule has 1 aromatic heterocycles. The molecule has 102 valence electrons. The standard InChI is InChI=1S/C13H21FN2O2/c1-10(2)7-15-8-11-6-12(14)9-16-13(11)18-5-4-17-3/h6,9-10,15H,4-5,7-8H2,1-3H3. The van der Waals surface area contributed by atoms with Gasteiger partial charge in [-0.25, -0.2) is 9.37 Å². The van der Waals surface area contributed by atoms with Crippen molar-refractivity contribution in [1.82, 2.24) is 10.3 Å². The Labute approximate surface area is 108 Å². The summed E-state index contributed by atoms with van der Waals surface area (Å²) in [6.07, 6.45) is 1.16. The van der Waals surface area contributed by atoms with E-state index in [1.165, 1.54) is 6.07 Å². The summed E-state index contributed by atoms with van der Waals surface area (Å²) >= 11 is 0. The summed E-state index contributed by atoms with van der Waals surface area (Å²) in [5.74, 6) is 0.657. The molecule has 0 amide bonds. The van der Waals surface area contributed by atoms with Crippen LogP contribution in [-0.4, -0.2) is 31.9 Å². The fraction of sp³-hybridized carbons (Fsp3) is 0.615. The summed E-state index contributed by atoms with van der Waals surface area (Å²) in [7, 11) is 1.60. The van der Waals surface area contributed by atoms with Crippen molar-refractivity contribution in [3.05, 3.63) is 23.6 Å². The lowest BCUT2D eigenvalue weighted by molar-refractivity contribution is 0.143. The predicted molar refractivity (Wildman–Crippen MR) is 68.1 cm³/mol. The Morgan fingerprint density at radius 3 is 2.83 bits per heavy atom. The third-order valence-electron chi connectivity index (χ3n) is 2.29. The zero-order valence-electron chi connectivity index (χ0n) is 11.2. The highest BCUT2D eigenvalue weighted by atomic mass is 19.1. The van der Waals surface area contributed by atoms with Gasteiger partial charge in [-0.3, -0.25) is 0 Å². The van der Waals surface area contributed by atoms with Crippen LogP contribution < -0.4 is 10.1 Å². The molecule has 18 heavy (non-hydrogen) atoms. The SMILES string of the molecule is COCCOc1ncc(F)cc1CNCC(C)C. The van der Waals surface area contributed by atoms with Gasteiger partial charge in [0.15, 0.2) is 0 Å². The van der Waals surface area contributed by atoms with E-state index >= 15 is 0 Å². The number of methoxy groups -OCH3 is 1. The number of hydrogen-bond donors (Lipinski definition) is 1. The summed E-state index contributed by atoms with van der Waals surface area (Å²) < 4.78 is 23.5. The summed E-state index contributed by atoms with van der Waals surface area (Å²) in [6.45, 7) is 6.54. The molecule has 0 aromatic carbocycles. The second-order valence-corrected chi connectivity index (χ2v) is 4.48. The summed E-state index contributed by atoms with van der Waals surface area (Å²) in [6, 6.07) is 1.45. The number of nitrogens with one attached hydrogen (secondary N) is 1. The number of halogens is 1. The molecule has 0 saturated carbocycles. The third-order valence-corrected chi connectivity index (χ3v) is 2.29. The van der Waals surface area contributed by atoms with Gasteiger partial charge in [0.05, 0.1) is 12.8 Å². The Bertz CT molecular complexity index is 359. The van der Waals surface area contributed by atoms with Crippen LogP contribution in [-0.2, 0) is 11.3 Å². The minimum atomic E-state index is -0.351. The van der Waals surface area contributed by atoms with Crippen LogP contribution in [0.1, 0.15) is 19.4 Å². The van der Waals surface area contributed by atoms with Crippen molar-refractivity contribution in [2.45, 2.75) is 20.4 Å². The van der Waals surface area contributed by atoms with Crippen molar-refractivity contribution in [3.63, 3.8) is 0 Å². The zero-order chi connectivity index (χ0) is 13.4. The van der Waals surface area contributed by atoms with Gasteiger partial charge in [0.1, 0.15) is 12.4 Å². The molecule has 1 rings (SSSR count). The van der Waals surface area contributed by atoms with Gasteiger partial charge >= 0.3 is 0 Å². The van der Waals surface area contributed by atoms with Crippen LogP contribution in [0.25, 0.3) is 0 Å². The van der Waals surface area contributed by atoms with E-state index in [0.717, 1.165) is 18.3 Å². The minimum absolute atomic E-state index is 0.351. The van der Waals surface area contributed by atoms with E-state index in [1.54, 1.807) is 7.11 Å². The van der Waals surface area contributed by atoms with Crippen LogP contribution in [0.2, 0.25) is 0 Å². The first kappa shape index (κ1) is 14.9. The van der Waals surface area contributed by atoms with Gasteiger partial charge in [-0.1, -0.05) is 13.8 Å². The summed E-state index contributed by atoms with van der Waals surface area (Å²) in [4.78, 5) is 3.96. The van der Waals surface area contributed by atoms with Crippen LogP contribution in [0, 0.1) is 11.7 Å². The van der Waals surface area contributed by atoms with Crippen molar-refractivity contribution < 1.29 is 13.9 Å². The molecule has 0 aliphatic rings. The molecule has 5 heteroatoms. The maximum atomic E-state index is 13.2. The lowest BCUT2D eigenvalue weighted by atomic mass is 10.2. The first-order valence-electron chi connectivity index (χ1n) is 6.10. The average molecular weight is 256 g/mol. The average Bonchev–Trinajstić information content (AvgIpc) is 2.31. The second-order valence-electron chi connectivity index (χ2n) is 4.48. The topological polar surface area (TPSA) is 43.4 Å². The van der Waals surface area contributed by atoms with E-state index in [9.17, 15) is 4.39 Å². The smallest absolute Gasteiger partial charge is 0.218 e. The highest BCUT2D eigenvalue weighted by Crippen LogP contribution is 2.16. The number of aromatic nitrogens is 1. The maximum Gasteiger partial charge on any atom is 0.218 e. The number of ether oxygens (including phenoxy) is 2. The second kappa shape index (κ2) is 8.00. The molecule has 0 unspecified atom stereocenters. The van der Waals surface area contributed by atoms with Crippen LogP contribution in [0.4, 0.5) is 4.39 Å². The van der Waals surface area contributed by atoms with Crippen LogP contribution in [0.15, 0.2) is 12.3 Å². The molecular weight excluding hydrogens is 235 g/mol. The molecule has 0 atom stereocenters. The van der Waals surface area contributed by atoms with Gasteiger partial charge in [0.2, 0.25) is 5.88 Å².